The molecule has 0 heterocycles. The van der Waals surface area contributed by atoms with Crippen LogP contribution in [0.4, 0.5) is 0 Å². The highest BCUT2D eigenvalue weighted by atomic mass is 16.3. The summed E-state index contributed by atoms with van der Waals surface area (Å²) >= 11 is 0. The minimum absolute atomic E-state index is 0.353. The van der Waals surface area contributed by atoms with Crippen LogP contribution in [-0.4, -0.2) is 43.8 Å². The highest BCUT2D eigenvalue weighted by Gasteiger charge is 2.24. The zero-order valence-electron chi connectivity index (χ0n) is 23.1. The van der Waals surface area contributed by atoms with Crippen LogP contribution in [0.3, 0.4) is 0 Å². The van der Waals surface area contributed by atoms with Crippen molar-refractivity contribution in [3.8, 4) is 0 Å². The van der Waals surface area contributed by atoms with Gasteiger partial charge in [0.25, 0.3) is 0 Å². The Balaban J connectivity index is 2.11. The molecule has 2 rings (SSSR count). The van der Waals surface area contributed by atoms with E-state index >= 15 is 0 Å². The van der Waals surface area contributed by atoms with Crippen molar-refractivity contribution < 1.29 is 20.4 Å². The van der Waals surface area contributed by atoms with Crippen molar-refractivity contribution >= 4 is 5.57 Å². The summed E-state index contributed by atoms with van der Waals surface area (Å²) in [6.07, 6.45) is 13.8. The number of hydrogen-bond acceptors (Lipinski definition) is 4. The minimum Gasteiger partial charge on any atom is -0.393 e. The van der Waals surface area contributed by atoms with Crippen LogP contribution in [0, 0.1) is 0 Å². The van der Waals surface area contributed by atoms with Gasteiger partial charge < -0.3 is 20.4 Å². The molecule has 4 heteroatoms. The standard InChI is InChI=1S/C32H50O4/c1-24-27(22-29(33)23-30(24)34)18-17-26(15-9-7-11-20-32(4,5)36)28-16-12-14-25(21-28)13-8-6-10-19-31(2,3)35/h12,14,16-18,21,29-30,33-36H,1,6-11,13,15,19-20,22-23H2,2-5H3. The number of benzene rings is 1. The van der Waals surface area contributed by atoms with Gasteiger partial charge in [0.05, 0.1) is 23.4 Å². The molecular weight excluding hydrogens is 448 g/mol. The van der Waals surface area contributed by atoms with Crippen LogP contribution >= 0.6 is 0 Å². The Labute approximate surface area is 219 Å². The normalized spacial score (nSPS) is 20.8. The van der Waals surface area contributed by atoms with Gasteiger partial charge in [-0.2, -0.15) is 0 Å². The molecule has 0 saturated heterocycles. The fourth-order valence-corrected chi connectivity index (χ4v) is 4.82. The van der Waals surface area contributed by atoms with Crippen molar-refractivity contribution in [2.75, 3.05) is 0 Å². The molecule has 4 N–H and O–H groups in total. The second kappa shape index (κ2) is 14.3. The Kier molecular flexibility index (Phi) is 12.1. The SMILES string of the molecule is C=C1C(=CC=C(CCCCCC(C)(C)O)c2cccc(CCCCCC(C)(C)O)c2)CC(O)CC1O. The molecule has 0 aromatic heterocycles. The molecule has 1 saturated carbocycles. The molecule has 2 atom stereocenters. The highest BCUT2D eigenvalue weighted by molar-refractivity contribution is 5.68. The van der Waals surface area contributed by atoms with E-state index in [9.17, 15) is 20.4 Å². The van der Waals surface area contributed by atoms with Crippen LogP contribution < -0.4 is 0 Å². The number of rotatable bonds is 14. The van der Waals surface area contributed by atoms with Gasteiger partial charge in [-0.15, -0.1) is 0 Å². The van der Waals surface area contributed by atoms with E-state index in [-0.39, 0.29) is 0 Å². The topological polar surface area (TPSA) is 80.9 Å². The van der Waals surface area contributed by atoms with Gasteiger partial charge in [0.1, 0.15) is 0 Å². The first-order valence-corrected chi connectivity index (χ1v) is 13.8. The predicted molar refractivity (Wildman–Crippen MR) is 151 cm³/mol. The molecule has 1 fully saturated rings. The summed E-state index contributed by atoms with van der Waals surface area (Å²) in [7, 11) is 0. The van der Waals surface area contributed by atoms with Crippen LogP contribution in [-0.2, 0) is 6.42 Å². The van der Waals surface area contributed by atoms with Gasteiger partial charge in [0.2, 0.25) is 0 Å². The Hall–Kier alpha value is -1.72. The lowest BCUT2D eigenvalue weighted by Gasteiger charge is -2.26. The monoisotopic (exact) mass is 498 g/mol. The van der Waals surface area contributed by atoms with Gasteiger partial charge in [-0.05, 0) is 100 Å². The van der Waals surface area contributed by atoms with Crippen LogP contribution in [0.1, 0.15) is 109 Å². The Morgan fingerprint density at radius 1 is 0.944 bits per heavy atom. The lowest BCUT2D eigenvalue weighted by atomic mass is 9.85. The molecule has 0 bridgehead atoms. The Morgan fingerprint density at radius 3 is 2.22 bits per heavy atom. The van der Waals surface area contributed by atoms with Crippen molar-refractivity contribution in [3.05, 3.63) is 65.3 Å². The van der Waals surface area contributed by atoms with Gasteiger partial charge in [0.15, 0.2) is 0 Å². The number of hydrogen-bond donors (Lipinski definition) is 4. The second-order valence-corrected chi connectivity index (χ2v) is 12.0. The third-order valence-corrected chi connectivity index (χ3v) is 7.04. The molecule has 1 aliphatic rings. The average molecular weight is 499 g/mol. The number of unbranched alkanes of at least 4 members (excludes halogenated alkanes) is 4. The number of aliphatic hydroxyl groups excluding tert-OH is 2. The molecular formula is C32H50O4. The van der Waals surface area contributed by atoms with Gasteiger partial charge in [-0.3, -0.25) is 0 Å². The van der Waals surface area contributed by atoms with Gasteiger partial charge in [-0.25, -0.2) is 0 Å². The molecule has 36 heavy (non-hydrogen) atoms. The number of aliphatic hydroxyl groups is 4. The lowest BCUT2D eigenvalue weighted by Crippen LogP contribution is -2.26. The summed E-state index contributed by atoms with van der Waals surface area (Å²) in [5, 5.41) is 40.2. The van der Waals surface area contributed by atoms with Crippen molar-refractivity contribution in [1.82, 2.24) is 0 Å². The fourth-order valence-electron chi connectivity index (χ4n) is 4.82. The van der Waals surface area contributed by atoms with Crippen LogP contribution in [0.25, 0.3) is 5.57 Å². The summed E-state index contributed by atoms with van der Waals surface area (Å²) in [6, 6.07) is 8.77. The van der Waals surface area contributed by atoms with E-state index < -0.39 is 23.4 Å². The maximum Gasteiger partial charge on any atom is 0.0811 e. The quantitative estimate of drug-likeness (QED) is 0.216. The lowest BCUT2D eigenvalue weighted by molar-refractivity contribution is 0.0674. The maximum atomic E-state index is 10.2. The zero-order chi connectivity index (χ0) is 26.8. The van der Waals surface area contributed by atoms with E-state index in [0.29, 0.717) is 18.4 Å². The first-order chi connectivity index (χ1) is 16.8. The molecule has 2 unspecified atom stereocenters. The Morgan fingerprint density at radius 2 is 1.58 bits per heavy atom. The average Bonchev–Trinajstić information content (AvgIpc) is 2.77. The molecule has 4 nitrogen and oxygen atoms in total. The van der Waals surface area contributed by atoms with E-state index in [1.165, 1.54) is 16.7 Å². The first kappa shape index (κ1) is 30.5. The fraction of sp³-hybridized carbons (Fsp3) is 0.625. The molecule has 1 aromatic rings. The van der Waals surface area contributed by atoms with E-state index in [4.69, 9.17) is 0 Å². The van der Waals surface area contributed by atoms with Gasteiger partial charge in [-0.1, -0.05) is 68.7 Å². The molecule has 0 radical (unpaired) electrons. The molecule has 1 aliphatic carbocycles. The van der Waals surface area contributed by atoms with Crippen LogP contribution in [0.2, 0.25) is 0 Å². The molecule has 0 aliphatic heterocycles. The van der Waals surface area contributed by atoms with Crippen molar-refractivity contribution in [2.45, 2.75) is 128 Å². The molecule has 0 amide bonds. The third kappa shape index (κ3) is 12.0. The Bertz CT molecular complexity index is 882. The summed E-state index contributed by atoms with van der Waals surface area (Å²) in [4.78, 5) is 0. The number of allylic oxidation sites excluding steroid dienone is 3. The van der Waals surface area contributed by atoms with Crippen molar-refractivity contribution in [3.63, 3.8) is 0 Å². The highest BCUT2D eigenvalue weighted by Crippen LogP contribution is 2.30. The zero-order valence-corrected chi connectivity index (χ0v) is 23.1. The summed E-state index contributed by atoms with van der Waals surface area (Å²) in [5.41, 5.74) is 4.21. The van der Waals surface area contributed by atoms with E-state index in [1.54, 1.807) is 0 Å². The van der Waals surface area contributed by atoms with E-state index in [0.717, 1.165) is 69.8 Å². The smallest absolute Gasteiger partial charge is 0.0811 e. The van der Waals surface area contributed by atoms with E-state index in [2.05, 4.69) is 36.9 Å². The van der Waals surface area contributed by atoms with E-state index in [1.807, 2.05) is 33.8 Å². The number of aryl methyl sites for hydroxylation is 1. The van der Waals surface area contributed by atoms with Gasteiger partial charge >= 0.3 is 0 Å². The largest absolute Gasteiger partial charge is 0.393 e. The van der Waals surface area contributed by atoms with Gasteiger partial charge in [0, 0.05) is 6.42 Å². The predicted octanol–water partition coefficient (Wildman–Crippen LogP) is 6.66. The summed E-state index contributed by atoms with van der Waals surface area (Å²) in [6.45, 7) is 11.5. The van der Waals surface area contributed by atoms with Crippen molar-refractivity contribution in [1.29, 1.82) is 0 Å². The molecule has 202 valence electrons. The van der Waals surface area contributed by atoms with Crippen molar-refractivity contribution in [2.24, 2.45) is 0 Å². The minimum atomic E-state index is -0.682. The summed E-state index contributed by atoms with van der Waals surface area (Å²) < 4.78 is 0. The van der Waals surface area contributed by atoms with Crippen LogP contribution in [0.15, 0.2) is 54.1 Å². The molecule has 1 aromatic carbocycles. The van der Waals surface area contributed by atoms with Crippen LogP contribution in [0.5, 0.6) is 0 Å². The maximum absolute atomic E-state index is 10.2. The first-order valence-electron chi connectivity index (χ1n) is 13.8. The third-order valence-electron chi connectivity index (χ3n) is 7.04. The summed E-state index contributed by atoms with van der Waals surface area (Å²) in [5.74, 6) is 0. The molecule has 0 spiro atoms. The second-order valence-electron chi connectivity index (χ2n) is 12.0.